The minimum absolute atomic E-state index is 0.126. The van der Waals surface area contributed by atoms with Crippen LogP contribution in [0.3, 0.4) is 0 Å². The summed E-state index contributed by atoms with van der Waals surface area (Å²) in [6, 6.07) is 20.9. The van der Waals surface area contributed by atoms with E-state index in [0.29, 0.717) is 29.0 Å². The molecule has 2 heterocycles. The first kappa shape index (κ1) is 19.8. The first-order chi connectivity index (χ1) is 14.7. The van der Waals surface area contributed by atoms with E-state index in [0.717, 1.165) is 11.3 Å². The molecular weight excluding hydrogens is 400 g/mol. The highest BCUT2D eigenvalue weighted by Gasteiger charge is 2.18. The lowest BCUT2D eigenvalue weighted by molar-refractivity contribution is -0.113. The standard InChI is InChI=1S/C22H20N4O3S/c1-28-18-11-9-17(10-12-18)23-20(27)15-30-22-25-24-21(19-8-5-13-29-19)26(22)14-16-6-3-2-4-7-16/h2-13H,14-15H2,1H3,(H,23,27). The molecular formula is C22H20N4O3S. The highest BCUT2D eigenvalue weighted by Crippen LogP contribution is 2.26. The van der Waals surface area contributed by atoms with Crippen LogP contribution in [0.1, 0.15) is 5.56 Å². The van der Waals surface area contributed by atoms with Crippen LogP contribution in [0, 0.1) is 0 Å². The number of benzene rings is 2. The summed E-state index contributed by atoms with van der Waals surface area (Å²) in [5.74, 6) is 2.08. The number of aromatic nitrogens is 3. The van der Waals surface area contributed by atoms with Gasteiger partial charge in [-0.3, -0.25) is 9.36 Å². The lowest BCUT2D eigenvalue weighted by atomic mass is 10.2. The molecule has 0 aliphatic carbocycles. The van der Waals surface area contributed by atoms with Crippen LogP contribution in [-0.2, 0) is 11.3 Å². The van der Waals surface area contributed by atoms with Gasteiger partial charge in [0.1, 0.15) is 5.75 Å². The van der Waals surface area contributed by atoms with Crippen LogP contribution in [0.5, 0.6) is 5.75 Å². The van der Waals surface area contributed by atoms with Crippen molar-refractivity contribution in [2.45, 2.75) is 11.7 Å². The van der Waals surface area contributed by atoms with Gasteiger partial charge in [0.05, 0.1) is 25.7 Å². The molecule has 0 unspecified atom stereocenters. The molecule has 0 saturated carbocycles. The van der Waals surface area contributed by atoms with E-state index in [1.807, 2.05) is 47.0 Å². The summed E-state index contributed by atoms with van der Waals surface area (Å²) >= 11 is 1.33. The van der Waals surface area contributed by atoms with Crippen molar-refractivity contribution >= 4 is 23.4 Å². The van der Waals surface area contributed by atoms with E-state index in [-0.39, 0.29) is 11.7 Å². The van der Waals surface area contributed by atoms with Crippen LogP contribution in [0.15, 0.2) is 82.6 Å². The van der Waals surface area contributed by atoms with E-state index in [1.54, 1.807) is 37.6 Å². The van der Waals surface area contributed by atoms with Crippen LogP contribution >= 0.6 is 11.8 Å². The lowest BCUT2D eigenvalue weighted by Crippen LogP contribution is -2.14. The van der Waals surface area contributed by atoms with E-state index in [9.17, 15) is 4.79 Å². The molecule has 4 aromatic rings. The van der Waals surface area contributed by atoms with Crippen LogP contribution in [0.25, 0.3) is 11.6 Å². The number of amides is 1. The fraction of sp³-hybridized carbons (Fsp3) is 0.136. The maximum atomic E-state index is 12.4. The van der Waals surface area contributed by atoms with Gasteiger partial charge in [0.2, 0.25) is 11.7 Å². The summed E-state index contributed by atoms with van der Waals surface area (Å²) in [6.07, 6.45) is 1.60. The Bertz CT molecular complexity index is 1090. The van der Waals surface area contributed by atoms with Gasteiger partial charge in [0, 0.05) is 5.69 Å². The van der Waals surface area contributed by atoms with Gasteiger partial charge in [-0.2, -0.15) is 0 Å². The number of ether oxygens (including phenoxy) is 1. The quantitative estimate of drug-likeness (QED) is 0.427. The Morgan fingerprint density at radius 3 is 2.57 bits per heavy atom. The largest absolute Gasteiger partial charge is 0.497 e. The van der Waals surface area contributed by atoms with Crippen LogP contribution in [0.2, 0.25) is 0 Å². The van der Waals surface area contributed by atoms with E-state index in [2.05, 4.69) is 15.5 Å². The SMILES string of the molecule is COc1ccc(NC(=O)CSc2nnc(-c3ccco3)n2Cc2ccccc2)cc1. The number of hydrogen-bond acceptors (Lipinski definition) is 6. The third-order valence-electron chi connectivity index (χ3n) is 4.35. The van der Waals surface area contributed by atoms with Crippen molar-refractivity contribution in [1.82, 2.24) is 14.8 Å². The van der Waals surface area contributed by atoms with Crippen molar-refractivity contribution in [3.8, 4) is 17.3 Å². The van der Waals surface area contributed by atoms with Gasteiger partial charge in [-0.25, -0.2) is 0 Å². The Hall–Kier alpha value is -3.52. The summed E-state index contributed by atoms with van der Waals surface area (Å²) in [7, 11) is 1.60. The lowest BCUT2D eigenvalue weighted by Gasteiger charge is -2.10. The fourth-order valence-electron chi connectivity index (χ4n) is 2.89. The van der Waals surface area contributed by atoms with Crippen molar-refractivity contribution in [1.29, 1.82) is 0 Å². The molecule has 2 aromatic heterocycles. The minimum Gasteiger partial charge on any atom is -0.497 e. The number of rotatable bonds is 8. The van der Waals surface area contributed by atoms with Crippen LogP contribution in [0.4, 0.5) is 5.69 Å². The number of carbonyl (C=O) groups is 1. The summed E-state index contributed by atoms with van der Waals surface area (Å²) in [5.41, 5.74) is 1.82. The maximum Gasteiger partial charge on any atom is 0.234 e. The van der Waals surface area contributed by atoms with Crippen LogP contribution < -0.4 is 10.1 Å². The highest BCUT2D eigenvalue weighted by atomic mass is 32.2. The van der Waals surface area contributed by atoms with Crippen LogP contribution in [-0.4, -0.2) is 33.5 Å². The molecule has 1 amide bonds. The van der Waals surface area contributed by atoms with Crippen molar-refractivity contribution in [3.63, 3.8) is 0 Å². The Morgan fingerprint density at radius 1 is 1.07 bits per heavy atom. The molecule has 0 spiro atoms. The minimum atomic E-state index is -0.126. The molecule has 1 N–H and O–H groups in total. The molecule has 7 nitrogen and oxygen atoms in total. The maximum absolute atomic E-state index is 12.4. The first-order valence-corrected chi connectivity index (χ1v) is 10.3. The number of thioether (sulfide) groups is 1. The second-order valence-electron chi connectivity index (χ2n) is 6.42. The number of nitrogens with one attached hydrogen (secondary N) is 1. The van der Waals surface area contributed by atoms with Gasteiger partial charge >= 0.3 is 0 Å². The summed E-state index contributed by atoms with van der Waals surface area (Å²) in [6.45, 7) is 0.576. The Labute approximate surface area is 178 Å². The van der Waals surface area contributed by atoms with Crippen molar-refractivity contribution in [2.75, 3.05) is 18.2 Å². The molecule has 0 aliphatic heterocycles. The van der Waals surface area contributed by atoms with Gasteiger partial charge in [0.15, 0.2) is 10.9 Å². The van der Waals surface area contributed by atoms with E-state index in [1.165, 1.54) is 11.8 Å². The van der Waals surface area contributed by atoms with Crippen molar-refractivity contribution < 1.29 is 13.9 Å². The van der Waals surface area contributed by atoms with Gasteiger partial charge < -0.3 is 14.5 Å². The predicted octanol–water partition coefficient (Wildman–Crippen LogP) is 4.33. The van der Waals surface area contributed by atoms with Gasteiger partial charge in [-0.05, 0) is 42.0 Å². The average molecular weight is 420 g/mol. The molecule has 0 radical (unpaired) electrons. The number of hydrogen-bond donors (Lipinski definition) is 1. The van der Waals surface area contributed by atoms with E-state index >= 15 is 0 Å². The number of nitrogens with zero attached hydrogens (tertiary/aromatic N) is 3. The molecule has 0 aliphatic rings. The Morgan fingerprint density at radius 2 is 1.87 bits per heavy atom. The molecule has 8 heteroatoms. The molecule has 30 heavy (non-hydrogen) atoms. The zero-order valence-electron chi connectivity index (χ0n) is 16.3. The fourth-order valence-corrected chi connectivity index (χ4v) is 3.63. The van der Waals surface area contributed by atoms with Crippen molar-refractivity contribution in [2.24, 2.45) is 0 Å². The third kappa shape index (κ3) is 4.72. The van der Waals surface area contributed by atoms with E-state index in [4.69, 9.17) is 9.15 Å². The van der Waals surface area contributed by atoms with Crippen molar-refractivity contribution in [3.05, 3.63) is 78.6 Å². The number of anilines is 1. The Kier molecular flexibility index (Phi) is 6.14. The summed E-state index contributed by atoms with van der Waals surface area (Å²) < 4.78 is 12.6. The van der Waals surface area contributed by atoms with Gasteiger partial charge in [-0.15, -0.1) is 10.2 Å². The third-order valence-corrected chi connectivity index (χ3v) is 5.31. The number of carbonyl (C=O) groups excluding carboxylic acids is 1. The van der Waals surface area contributed by atoms with Gasteiger partial charge in [0.25, 0.3) is 0 Å². The molecule has 0 fully saturated rings. The molecule has 0 saturated heterocycles. The second kappa shape index (κ2) is 9.32. The average Bonchev–Trinajstić information content (AvgIpc) is 3.44. The molecule has 2 aromatic carbocycles. The molecule has 0 bridgehead atoms. The normalized spacial score (nSPS) is 10.7. The zero-order chi connectivity index (χ0) is 20.8. The van der Waals surface area contributed by atoms with E-state index < -0.39 is 0 Å². The number of methoxy groups -OCH3 is 1. The predicted molar refractivity (Wildman–Crippen MR) is 116 cm³/mol. The summed E-state index contributed by atoms with van der Waals surface area (Å²) in [5, 5.41) is 12.1. The number of furan rings is 1. The molecule has 152 valence electrons. The first-order valence-electron chi connectivity index (χ1n) is 9.30. The monoisotopic (exact) mass is 420 g/mol. The highest BCUT2D eigenvalue weighted by molar-refractivity contribution is 7.99. The zero-order valence-corrected chi connectivity index (χ0v) is 17.1. The molecule has 0 atom stereocenters. The summed E-state index contributed by atoms with van der Waals surface area (Å²) in [4.78, 5) is 12.4. The molecule has 4 rings (SSSR count). The van der Waals surface area contributed by atoms with Gasteiger partial charge in [-0.1, -0.05) is 42.1 Å². The second-order valence-corrected chi connectivity index (χ2v) is 7.36. The smallest absolute Gasteiger partial charge is 0.234 e. The topological polar surface area (TPSA) is 82.2 Å². The Balaban J connectivity index is 1.48.